The fourth-order valence-electron chi connectivity index (χ4n) is 1.96. The molecular formula is C15H15BrFN. The molecule has 0 amide bonds. The van der Waals surface area contributed by atoms with Gasteiger partial charge in [-0.25, -0.2) is 4.39 Å². The summed E-state index contributed by atoms with van der Waals surface area (Å²) < 4.78 is 14.1. The van der Waals surface area contributed by atoms with Crippen LogP contribution in [-0.2, 0) is 12.8 Å². The van der Waals surface area contributed by atoms with Gasteiger partial charge in [0.2, 0.25) is 0 Å². The summed E-state index contributed by atoms with van der Waals surface area (Å²) in [5.74, 6) is -0.205. The molecule has 18 heavy (non-hydrogen) atoms. The fraction of sp³-hybridized carbons (Fsp3) is 0.200. The second kappa shape index (κ2) is 6.12. The summed E-state index contributed by atoms with van der Waals surface area (Å²) in [6, 6.07) is 14.7. The van der Waals surface area contributed by atoms with Crippen molar-refractivity contribution in [2.75, 3.05) is 0 Å². The van der Waals surface area contributed by atoms with E-state index in [4.69, 9.17) is 5.73 Å². The highest BCUT2D eigenvalue weighted by Crippen LogP contribution is 2.13. The first-order valence-electron chi connectivity index (χ1n) is 5.88. The van der Waals surface area contributed by atoms with Crippen LogP contribution in [0.15, 0.2) is 53.0 Å². The summed E-state index contributed by atoms with van der Waals surface area (Å²) in [5, 5.41) is 0. The van der Waals surface area contributed by atoms with Gasteiger partial charge in [-0.15, -0.1) is 0 Å². The standard InChI is InChI=1S/C15H15BrFN/c16-13-6-4-11(5-7-13)9-15(18)10-12-2-1-3-14(17)8-12/h1-8,15H,9-10,18H2. The van der Waals surface area contributed by atoms with Crippen molar-refractivity contribution in [3.05, 3.63) is 69.9 Å². The molecule has 0 aromatic heterocycles. The van der Waals surface area contributed by atoms with E-state index >= 15 is 0 Å². The number of benzene rings is 2. The van der Waals surface area contributed by atoms with E-state index in [2.05, 4.69) is 28.1 Å². The van der Waals surface area contributed by atoms with Gasteiger partial charge in [0, 0.05) is 10.5 Å². The Bertz CT molecular complexity index is 510. The zero-order chi connectivity index (χ0) is 13.0. The number of rotatable bonds is 4. The monoisotopic (exact) mass is 307 g/mol. The number of halogens is 2. The fourth-order valence-corrected chi connectivity index (χ4v) is 2.23. The Hall–Kier alpha value is -1.19. The van der Waals surface area contributed by atoms with E-state index in [-0.39, 0.29) is 11.9 Å². The minimum absolute atomic E-state index is 0.00738. The minimum Gasteiger partial charge on any atom is -0.327 e. The molecule has 0 heterocycles. The van der Waals surface area contributed by atoms with Crippen LogP contribution >= 0.6 is 15.9 Å². The van der Waals surface area contributed by atoms with Crippen LogP contribution in [0.5, 0.6) is 0 Å². The molecule has 2 aromatic rings. The normalized spacial score (nSPS) is 12.4. The summed E-state index contributed by atoms with van der Waals surface area (Å²) in [4.78, 5) is 0. The molecule has 2 N–H and O–H groups in total. The second-order valence-corrected chi connectivity index (χ2v) is 5.34. The highest BCUT2D eigenvalue weighted by Gasteiger charge is 2.06. The maximum atomic E-state index is 13.0. The van der Waals surface area contributed by atoms with Crippen LogP contribution in [0.3, 0.4) is 0 Å². The van der Waals surface area contributed by atoms with E-state index in [1.807, 2.05) is 18.2 Å². The summed E-state index contributed by atoms with van der Waals surface area (Å²) in [5.41, 5.74) is 8.23. The Morgan fingerprint density at radius 3 is 2.33 bits per heavy atom. The SMILES string of the molecule is NC(Cc1ccc(Br)cc1)Cc1cccc(F)c1. The van der Waals surface area contributed by atoms with E-state index in [0.717, 1.165) is 16.5 Å². The van der Waals surface area contributed by atoms with E-state index in [1.54, 1.807) is 12.1 Å². The van der Waals surface area contributed by atoms with Gasteiger partial charge in [0.1, 0.15) is 5.82 Å². The van der Waals surface area contributed by atoms with Gasteiger partial charge >= 0.3 is 0 Å². The summed E-state index contributed by atoms with van der Waals surface area (Å²) in [6.07, 6.45) is 1.48. The zero-order valence-electron chi connectivity index (χ0n) is 9.94. The average molecular weight is 308 g/mol. The topological polar surface area (TPSA) is 26.0 Å². The molecule has 0 bridgehead atoms. The van der Waals surface area contributed by atoms with E-state index in [1.165, 1.54) is 11.6 Å². The van der Waals surface area contributed by atoms with E-state index in [0.29, 0.717) is 6.42 Å². The van der Waals surface area contributed by atoms with Crippen molar-refractivity contribution < 1.29 is 4.39 Å². The maximum absolute atomic E-state index is 13.0. The van der Waals surface area contributed by atoms with Crippen molar-refractivity contribution in [3.8, 4) is 0 Å². The second-order valence-electron chi connectivity index (χ2n) is 4.42. The lowest BCUT2D eigenvalue weighted by Gasteiger charge is -2.12. The van der Waals surface area contributed by atoms with Crippen LogP contribution in [0.25, 0.3) is 0 Å². The molecule has 0 saturated carbocycles. The third kappa shape index (κ3) is 3.93. The third-order valence-electron chi connectivity index (χ3n) is 2.80. The molecule has 0 aliphatic heterocycles. The van der Waals surface area contributed by atoms with Crippen molar-refractivity contribution in [2.45, 2.75) is 18.9 Å². The molecule has 0 aliphatic rings. The molecule has 1 atom stereocenters. The number of nitrogens with two attached hydrogens (primary N) is 1. The van der Waals surface area contributed by atoms with Crippen molar-refractivity contribution in [1.29, 1.82) is 0 Å². The summed E-state index contributed by atoms with van der Waals surface area (Å²) in [6.45, 7) is 0. The molecule has 1 unspecified atom stereocenters. The van der Waals surface area contributed by atoms with Crippen LogP contribution in [0.4, 0.5) is 4.39 Å². The zero-order valence-corrected chi connectivity index (χ0v) is 11.5. The molecule has 0 saturated heterocycles. The molecular weight excluding hydrogens is 293 g/mol. The molecule has 0 aliphatic carbocycles. The summed E-state index contributed by atoms with van der Waals surface area (Å²) >= 11 is 3.40. The van der Waals surface area contributed by atoms with E-state index in [9.17, 15) is 4.39 Å². The van der Waals surface area contributed by atoms with Crippen LogP contribution in [-0.4, -0.2) is 6.04 Å². The number of hydrogen-bond donors (Lipinski definition) is 1. The van der Waals surface area contributed by atoms with Crippen molar-refractivity contribution in [2.24, 2.45) is 5.73 Å². The van der Waals surface area contributed by atoms with Crippen LogP contribution < -0.4 is 5.73 Å². The van der Waals surface area contributed by atoms with E-state index < -0.39 is 0 Å². The average Bonchev–Trinajstić information content (AvgIpc) is 2.32. The van der Waals surface area contributed by atoms with Gasteiger partial charge in [0.15, 0.2) is 0 Å². The van der Waals surface area contributed by atoms with Crippen LogP contribution in [0, 0.1) is 5.82 Å². The van der Waals surface area contributed by atoms with Crippen molar-refractivity contribution in [1.82, 2.24) is 0 Å². The van der Waals surface area contributed by atoms with Gasteiger partial charge in [-0.2, -0.15) is 0 Å². The largest absolute Gasteiger partial charge is 0.327 e. The quantitative estimate of drug-likeness (QED) is 0.915. The number of hydrogen-bond acceptors (Lipinski definition) is 1. The van der Waals surface area contributed by atoms with Crippen molar-refractivity contribution in [3.63, 3.8) is 0 Å². The Balaban J connectivity index is 1.96. The molecule has 0 radical (unpaired) electrons. The van der Waals surface area contributed by atoms with Gasteiger partial charge in [-0.1, -0.05) is 40.2 Å². The minimum atomic E-state index is -0.205. The molecule has 94 valence electrons. The highest BCUT2D eigenvalue weighted by atomic mass is 79.9. The summed E-state index contributed by atoms with van der Waals surface area (Å²) in [7, 11) is 0. The predicted octanol–water partition coefficient (Wildman–Crippen LogP) is 3.70. The molecule has 2 rings (SSSR count). The lowest BCUT2D eigenvalue weighted by atomic mass is 10.00. The first-order chi connectivity index (χ1) is 8.63. The molecule has 2 aromatic carbocycles. The third-order valence-corrected chi connectivity index (χ3v) is 3.33. The molecule has 3 heteroatoms. The first-order valence-corrected chi connectivity index (χ1v) is 6.67. The van der Waals surface area contributed by atoms with Gasteiger partial charge in [-0.05, 0) is 48.2 Å². The Morgan fingerprint density at radius 1 is 1.00 bits per heavy atom. The van der Waals surface area contributed by atoms with Crippen molar-refractivity contribution >= 4 is 15.9 Å². The molecule has 1 nitrogen and oxygen atoms in total. The lowest BCUT2D eigenvalue weighted by molar-refractivity contribution is 0.618. The highest BCUT2D eigenvalue weighted by molar-refractivity contribution is 9.10. The van der Waals surface area contributed by atoms with Crippen LogP contribution in [0.1, 0.15) is 11.1 Å². The first kappa shape index (κ1) is 13.2. The molecule has 0 fully saturated rings. The van der Waals surface area contributed by atoms with Crippen LogP contribution in [0.2, 0.25) is 0 Å². The van der Waals surface area contributed by atoms with Gasteiger partial charge in [-0.3, -0.25) is 0 Å². The van der Waals surface area contributed by atoms with Gasteiger partial charge in [0.05, 0.1) is 0 Å². The molecule has 0 spiro atoms. The Kier molecular flexibility index (Phi) is 4.50. The van der Waals surface area contributed by atoms with Gasteiger partial charge < -0.3 is 5.73 Å². The Morgan fingerprint density at radius 2 is 1.67 bits per heavy atom. The van der Waals surface area contributed by atoms with Gasteiger partial charge in [0.25, 0.3) is 0 Å². The predicted molar refractivity (Wildman–Crippen MR) is 75.9 cm³/mol. The lowest BCUT2D eigenvalue weighted by Crippen LogP contribution is -2.25. The Labute approximate surface area is 115 Å². The smallest absolute Gasteiger partial charge is 0.123 e. The maximum Gasteiger partial charge on any atom is 0.123 e.